The third-order valence-corrected chi connectivity index (χ3v) is 4.34. The molecule has 7 heteroatoms. The third-order valence-electron chi connectivity index (χ3n) is 4.34. The first kappa shape index (κ1) is 18.9. The molecule has 0 saturated heterocycles. The summed E-state index contributed by atoms with van der Waals surface area (Å²) in [4.78, 5) is 12.4. The minimum atomic E-state index is -2.94. The van der Waals surface area contributed by atoms with Crippen LogP contribution in [0.1, 0.15) is 36.0 Å². The molecule has 0 heterocycles. The molecule has 1 amide bonds. The van der Waals surface area contributed by atoms with Gasteiger partial charge < -0.3 is 19.5 Å². The molecule has 1 aliphatic carbocycles. The highest BCUT2D eigenvalue weighted by Crippen LogP contribution is 2.34. The number of hydrogen-bond donors (Lipinski definition) is 1. The van der Waals surface area contributed by atoms with Gasteiger partial charge in [0, 0.05) is 17.3 Å². The van der Waals surface area contributed by atoms with Crippen LogP contribution in [-0.2, 0) is 0 Å². The molecule has 3 rings (SSSR count). The Morgan fingerprint density at radius 3 is 2.59 bits per heavy atom. The van der Waals surface area contributed by atoms with Crippen LogP contribution in [0.5, 0.6) is 17.2 Å². The van der Waals surface area contributed by atoms with Crippen molar-refractivity contribution in [2.75, 3.05) is 12.4 Å². The lowest BCUT2D eigenvalue weighted by Gasteiger charge is -2.17. The van der Waals surface area contributed by atoms with Gasteiger partial charge in [-0.25, -0.2) is 0 Å². The normalized spacial score (nSPS) is 14.2. The van der Waals surface area contributed by atoms with Crippen LogP contribution >= 0.6 is 0 Å². The lowest BCUT2D eigenvalue weighted by atomic mass is 10.2. The lowest BCUT2D eigenvalue weighted by Crippen LogP contribution is -2.14. The zero-order chi connectivity index (χ0) is 19.2. The number of alkyl halides is 2. The molecule has 2 aromatic rings. The maximum absolute atomic E-state index is 12.4. The summed E-state index contributed by atoms with van der Waals surface area (Å²) in [5.41, 5.74) is 0.733. The maximum Gasteiger partial charge on any atom is 0.387 e. The van der Waals surface area contributed by atoms with Gasteiger partial charge in [0.2, 0.25) is 0 Å². The van der Waals surface area contributed by atoms with Crippen molar-refractivity contribution in [3.63, 3.8) is 0 Å². The Hall–Kier alpha value is -2.83. The fraction of sp³-hybridized carbons (Fsp3) is 0.350. The molecule has 0 atom stereocenters. The summed E-state index contributed by atoms with van der Waals surface area (Å²) in [5, 5.41) is 2.74. The SMILES string of the molecule is COc1ccc(NC(=O)c2cccc(OC(F)F)c2)cc1OC1CCCC1. The number of ether oxygens (including phenoxy) is 3. The standard InChI is InChI=1S/C20H21F2NO4/c1-25-17-10-9-14(12-18(17)26-15-6-2-3-7-15)23-19(24)13-5-4-8-16(11-13)27-20(21)22/h4-5,8-12,15,20H,2-3,6-7H2,1H3,(H,23,24). The van der Waals surface area contributed by atoms with Crippen molar-refractivity contribution in [3.8, 4) is 17.2 Å². The minimum absolute atomic E-state index is 0.0716. The Balaban J connectivity index is 1.73. The van der Waals surface area contributed by atoms with Gasteiger partial charge in [-0.05, 0) is 56.0 Å². The maximum atomic E-state index is 12.4. The van der Waals surface area contributed by atoms with Gasteiger partial charge in [0.25, 0.3) is 5.91 Å². The Morgan fingerprint density at radius 2 is 1.89 bits per heavy atom. The molecule has 0 spiro atoms. The number of anilines is 1. The Morgan fingerprint density at radius 1 is 1.11 bits per heavy atom. The number of amides is 1. The summed E-state index contributed by atoms with van der Waals surface area (Å²) in [6, 6.07) is 10.7. The van der Waals surface area contributed by atoms with E-state index in [9.17, 15) is 13.6 Å². The second-order valence-corrected chi connectivity index (χ2v) is 6.25. The number of carbonyl (C=O) groups is 1. The van der Waals surface area contributed by atoms with Crippen LogP contribution in [0.3, 0.4) is 0 Å². The molecular formula is C20H21F2NO4. The first-order valence-electron chi connectivity index (χ1n) is 8.76. The largest absolute Gasteiger partial charge is 0.493 e. The smallest absolute Gasteiger partial charge is 0.387 e. The second-order valence-electron chi connectivity index (χ2n) is 6.25. The Bertz CT molecular complexity index is 791. The van der Waals surface area contributed by atoms with Crippen molar-refractivity contribution in [2.24, 2.45) is 0 Å². The van der Waals surface area contributed by atoms with Crippen molar-refractivity contribution in [3.05, 3.63) is 48.0 Å². The van der Waals surface area contributed by atoms with Crippen LogP contribution in [-0.4, -0.2) is 25.7 Å². The molecule has 27 heavy (non-hydrogen) atoms. The topological polar surface area (TPSA) is 56.8 Å². The van der Waals surface area contributed by atoms with E-state index < -0.39 is 12.5 Å². The summed E-state index contributed by atoms with van der Waals surface area (Å²) in [5.74, 6) is 0.647. The van der Waals surface area contributed by atoms with Crippen LogP contribution in [0.2, 0.25) is 0 Å². The highest BCUT2D eigenvalue weighted by Gasteiger charge is 2.19. The summed E-state index contributed by atoms with van der Waals surface area (Å²) < 4.78 is 40.3. The first-order chi connectivity index (χ1) is 13.0. The number of carbonyl (C=O) groups excluding carboxylic acids is 1. The zero-order valence-electron chi connectivity index (χ0n) is 14.9. The van der Waals surface area contributed by atoms with E-state index in [0.717, 1.165) is 25.7 Å². The van der Waals surface area contributed by atoms with E-state index in [4.69, 9.17) is 9.47 Å². The molecule has 5 nitrogen and oxygen atoms in total. The second kappa shape index (κ2) is 8.70. The third kappa shape index (κ3) is 5.09. The Kier molecular flexibility index (Phi) is 6.11. The van der Waals surface area contributed by atoms with Crippen LogP contribution in [0.4, 0.5) is 14.5 Å². The molecule has 1 saturated carbocycles. The van der Waals surface area contributed by atoms with E-state index in [1.165, 1.54) is 24.3 Å². The van der Waals surface area contributed by atoms with Gasteiger partial charge in [0.05, 0.1) is 13.2 Å². The monoisotopic (exact) mass is 377 g/mol. The van der Waals surface area contributed by atoms with Crippen molar-refractivity contribution in [2.45, 2.75) is 38.4 Å². The van der Waals surface area contributed by atoms with Gasteiger partial charge in [0.1, 0.15) is 5.75 Å². The van der Waals surface area contributed by atoms with Crippen LogP contribution < -0.4 is 19.5 Å². The number of rotatable bonds is 7. The van der Waals surface area contributed by atoms with Crippen molar-refractivity contribution in [1.82, 2.24) is 0 Å². The van der Waals surface area contributed by atoms with Crippen LogP contribution in [0.25, 0.3) is 0 Å². The van der Waals surface area contributed by atoms with E-state index in [1.807, 2.05) is 0 Å². The fourth-order valence-corrected chi connectivity index (χ4v) is 3.05. The molecule has 1 fully saturated rings. The van der Waals surface area contributed by atoms with E-state index in [0.29, 0.717) is 17.2 Å². The zero-order valence-corrected chi connectivity index (χ0v) is 14.9. The Labute approximate surface area is 156 Å². The average molecular weight is 377 g/mol. The molecule has 0 aromatic heterocycles. The van der Waals surface area contributed by atoms with E-state index in [2.05, 4.69) is 10.1 Å². The number of methoxy groups -OCH3 is 1. The summed E-state index contributed by atoms with van der Waals surface area (Å²) >= 11 is 0. The summed E-state index contributed by atoms with van der Waals surface area (Å²) in [6.45, 7) is -2.94. The van der Waals surface area contributed by atoms with Gasteiger partial charge >= 0.3 is 6.61 Å². The number of nitrogens with one attached hydrogen (secondary N) is 1. The number of halogens is 2. The van der Waals surface area contributed by atoms with Crippen molar-refractivity contribution < 1.29 is 27.8 Å². The van der Waals surface area contributed by atoms with Crippen LogP contribution in [0, 0.1) is 0 Å². The van der Waals surface area contributed by atoms with Gasteiger partial charge in [0.15, 0.2) is 11.5 Å². The van der Waals surface area contributed by atoms with E-state index in [1.54, 1.807) is 25.3 Å². The van der Waals surface area contributed by atoms with Crippen molar-refractivity contribution >= 4 is 11.6 Å². The highest BCUT2D eigenvalue weighted by molar-refractivity contribution is 6.04. The summed E-state index contributed by atoms with van der Waals surface area (Å²) in [6.07, 6.45) is 4.42. The molecule has 1 aliphatic rings. The van der Waals surface area contributed by atoms with Gasteiger partial charge in [-0.3, -0.25) is 4.79 Å². The van der Waals surface area contributed by atoms with Crippen molar-refractivity contribution in [1.29, 1.82) is 0 Å². The molecule has 2 aromatic carbocycles. The predicted octanol–water partition coefficient (Wildman–Crippen LogP) is 4.87. The average Bonchev–Trinajstić information content (AvgIpc) is 3.15. The first-order valence-corrected chi connectivity index (χ1v) is 8.76. The molecule has 0 bridgehead atoms. The number of hydrogen-bond acceptors (Lipinski definition) is 4. The number of benzene rings is 2. The molecule has 1 N–H and O–H groups in total. The van der Waals surface area contributed by atoms with Gasteiger partial charge in [-0.1, -0.05) is 6.07 Å². The van der Waals surface area contributed by atoms with Gasteiger partial charge in [-0.15, -0.1) is 0 Å². The summed E-state index contributed by atoms with van der Waals surface area (Å²) in [7, 11) is 1.56. The lowest BCUT2D eigenvalue weighted by molar-refractivity contribution is -0.0498. The van der Waals surface area contributed by atoms with E-state index >= 15 is 0 Å². The van der Waals surface area contributed by atoms with E-state index in [-0.39, 0.29) is 17.4 Å². The molecular weight excluding hydrogens is 356 g/mol. The quantitative estimate of drug-likeness (QED) is 0.748. The fourth-order valence-electron chi connectivity index (χ4n) is 3.05. The van der Waals surface area contributed by atoms with Crippen LogP contribution in [0.15, 0.2) is 42.5 Å². The van der Waals surface area contributed by atoms with Gasteiger partial charge in [-0.2, -0.15) is 8.78 Å². The minimum Gasteiger partial charge on any atom is -0.493 e. The molecule has 0 radical (unpaired) electrons. The molecule has 144 valence electrons. The molecule has 0 unspecified atom stereocenters. The predicted molar refractivity (Wildman–Crippen MR) is 96.9 cm³/mol. The highest BCUT2D eigenvalue weighted by atomic mass is 19.3. The molecule has 0 aliphatic heterocycles.